The highest BCUT2D eigenvalue weighted by atomic mass is 35.5. The van der Waals surface area contributed by atoms with Crippen LogP contribution in [0.15, 0.2) is 30.5 Å². The Kier molecular flexibility index (Phi) is 4.57. The first-order valence-electron chi connectivity index (χ1n) is 4.93. The first-order chi connectivity index (χ1) is 8.60. The summed E-state index contributed by atoms with van der Waals surface area (Å²) in [6.45, 7) is 0. The summed E-state index contributed by atoms with van der Waals surface area (Å²) in [7, 11) is 0. The molecule has 0 amide bonds. The summed E-state index contributed by atoms with van der Waals surface area (Å²) in [5.41, 5.74) is 0.901. The van der Waals surface area contributed by atoms with E-state index in [0.717, 1.165) is 5.56 Å². The Labute approximate surface area is 124 Å². The normalized spacial score (nSPS) is 10.4. The minimum atomic E-state index is 0.363. The summed E-state index contributed by atoms with van der Waals surface area (Å²) in [6.07, 6.45) is 1.61. The molecule has 0 aliphatic heterocycles. The lowest BCUT2D eigenvalue weighted by molar-refractivity contribution is 0.462. The van der Waals surface area contributed by atoms with Crippen LogP contribution < -0.4 is 4.74 Å². The molecule has 1 aromatic heterocycles. The van der Waals surface area contributed by atoms with Crippen molar-refractivity contribution in [1.82, 2.24) is 4.98 Å². The molecule has 1 heterocycles. The molecule has 2 aromatic rings. The molecule has 2 nitrogen and oxygen atoms in total. The van der Waals surface area contributed by atoms with Crippen LogP contribution in [0, 0.1) is 0 Å². The fraction of sp³-hybridized carbons (Fsp3) is 0.0833. The van der Waals surface area contributed by atoms with Crippen LogP contribution in [0.4, 0.5) is 0 Å². The molecule has 0 aliphatic rings. The Morgan fingerprint density at radius 2 is 1.72 bits per heavy atom. The minimum Gasteiger partial charge on any atom is -0.437 e. The second kappa shape index (κ2) is 5.98. The summed E-state index contributed by atoms with van der Waals surface area (Å²) < 4.78 is 5.54. The van der Waals surface area contributed by atoms with Gasteiger partial charge in [-0.25, -0.2) is 4.98 Å². The molecule has 6 heteroatoms. The number of pyridine rings is 1. The Morgan fingerprint density at radius 1 is 1.00 bits per heavy atom. The lowest BCUT2D eigenvalue weighted by Gasteiger charge is -2.08. The molecule has 0 aliphatic carbocycles. The van der Waals surface area contributed by atoms with E-state index in [9.17, 15) is 0 Å². The van der Waals surface area contributed by atoms with Gasteiger partial charge in [0.2, 0.25) is 5.88 Å². The number of alkyl halides is 1. The number of rotatable bonds is 3. The van der Waals surface area contributed by atoms with Crippen LogP contribution >= 0.6 is 46.4 Å². The summed E-state index contributed by atoms with van der Waals surface area (Å²) in [4.78, 5) is 4.06. The molecule has 0 spiro atoms. The average molecular weight is 323 g/mol. The van der Waals surface area contributed by atoms with Crippen LogP contribution in [0.2, 0.25) is 15.1 Å². The number of halogens is 4. The molecule has 94 valence electrons. The number of aromatic nitrogens is 1. The second-order valence-corrected chi connectivity index (χ2v) is 4.92. The molecule has 0 saturated heterocycles. The fourth-order valence-corrected chi connectivity index (χ4v) is 2.03. The van der Waals surface area contributed by atoms with Crippen molar-refractivity contribution in [2.24, 2.45) is 0 Å². The van der Waals surface area contributed by atoms with Crippen molar-refractivity contribution in [3.63, 3.8) is 0 Å². The number of benzene rings is 1. The third-order valence-electron chi connectivity index (χ3n) is 2.14. The van der Waals surface area contributed by atoms with Crippen molar-refractivity contribution < 1.29 is 4.74 Å². The van der Waals surface area contributed by atoms with Crippen LogP contribution in [0.5, 0.6) is 11.6 Å². The monoisotopic (exact) mass is 321 g/mol. The molecule has 2 rings (SSSR count). The maximum absolute atomic E-state index is 6.00. The Morgan fingerprint density at radius 3 is 2.44 bits per heavy atom. The molecule has 0 saturated carbocycles. The lowest BCUT2D eigenvalue weighted by Crippen LogP contribution is -1.90. The van der Waals surface area contributed by atoms with E-state index in [1.807, 2.05) is 0 Å². The highest BCUT2D eigenvalue weighted by Gasteiger charge is 2.09. The van der Waals surface area contributed by atoms with Gasteiger partial charge in [0.15, 0.2) is 0 Å². The lowest BCUT2D eigenvalue weighted by atomic mass is 10.3. The van der Waals surface area contributed by atoms with E-state index in [1.54, 1.807) is 24.4 Å². The van der Waals surface area contributed by atoms with Gasteiger partial charge in [-0.2, -0.15) is 0 Å². The molecule has 0 radical (unpaired) electrons. The number of ether oxygens (including phenoxy) is 1. The first kappa shape index (κ1) is 13.8. The Hall–Kier alpha value is -0.670. The fourth-order valence-electron chi connectivity index (χ4n) is 1.28. The van der Waals surface area contributed by atoms with Crippen molar-refractivity contribution in [2.75, 3.05) is 0 Å². The van der Waals surface area contributed by atoms with Crippen LogP contribution in [-0.4, -0.2) is 4.98 Å². The molecule has 0 atom stereocenters. The van der Waals surface area contributed by atoms with Crippen molar-refractivity contribution in [2.45, 2.75) is 5.88 Å². The molecule has 0 unspecified atom stereocenters. The third-order valence-corrected chi connectivity index (χ3v) is 3.47. The smallest absolute Gasteiger partial charge is 0.219 e. The summed E-state index contributed by atoms with van der Waals surface area (Å²) in [5.74, 6) is 1.17. The van der Waals surface area contributed by atoms with Crippen molar-refractivity contribution in [1.29, 1.82) is 0 Å². The molecular weight excluding hydrogens is 316 g/mol. The van der Waals surface area contributed by atoms with E-state index in [4.69, 9.17) is 51.1 Å². The number of hydrogen-bond donors (Lipinski definition) is 0. The van der Waals surface area contributed by atoms with Crippen LogP contribution in [0.1, 0.15) is 5.56 Å². The quantitative estimate of drug-likeness (QED) is 0.544. The highest BCUT2D eigenvalue weighted by molar-refractivity contribution is 6.43. The van der Waals surface area contributed by atoms with E-state index in [2.05, 4.69) is 4.98 Å². The van der Waals surface area contributed by atoms with Crippen LogP contribution in [-0.2, 0) is 5.88 Å². The summed E-state index contributed by atoms with van der Waals surface area (Å²) >= 11 is 23.5. The predicted molar refractivity (Wildman–Crippen MR) is 75.3 cm³/mol. The van der Waals surface area contributed by atoms with E-state index in [0.29, 0.717) is 32.6 Å². The van der Waals surface area contributed by atoms with E-state index in [-0.39, 0.29) is 0 Å². The van der Waals surface area contributed by atoms with Gasteiger partial charge in [0, 0.05) is 24.2 Å². The van der Waals surface area contributed by atoms with Gasteiger partial charge in [0.05, 0.1) is 15.1 Å². The standard InChI is InChI=1S/C12H7Cl4NO/c13-6-7-1-2-17-12(3-7)18-11-5-9(15)8(14)4-10(11)16/h1-5H,6H2. The van der Waals surface area contributed by atoms with E-state index >= 15 is 0 Å². The van der Waals surface area contributed by atoms with Gasteiger partial charge in [-0.3, -0.25) is 0 Å². The Bertz CT molecular complexity index is 574. The molecule has 1 aromatic carbocycles. The van der Waals surface area contributed by atoms with Gasteiger partial charge in [-0.05, 0) is 17.7 Å². The maximum atomic E-state index is 6.00. The van der Waals surface area contributed by atoms with Gasteiger partial charge < -0.3 is 4.74 Å². The molecule has 0 bridgehead atoms. The average Bonchev–Trinajstić information content (AvgIpc) is 2.36. The zero-order chi connectivity index (χ0) is 13.1. The van der Waals surface area contributed by atoms with Gasteiger partial charge in [0.1, 0.15) is 5.75 Å². The third kappa shape index (κ3) is 3.21. The Balaban J connectivity index is 2.30. The highest BCUT2D eigenvalue weighted by Crippen LogP contribution is 2.35. The molecule has 0 fully saturated rings. The van der Waals surface area contributed by atoms with Crippen molar-refractivity contribution >= 4 is 46.4 Å². The van der Waals surface area contributed by atoms with E-state index < -0.39 is 0 Å². The van der Waals surface area contributed by atoms with Crippen molar-refractivity contribution in [3.8, 4) is 11.6 Å². The van der Waals surface area contributed by atoms with Gasteiger partial charge >= 0.3 is 0 Å². The molecular formula is C12H7Cl4NO. The predicted octanol–water partition coefficient (Wildman–Crippen LogP) is 5.57. The summed E-state index contributed by atoms with van der Waals surface area (Å²) in [5, 5.41) is 1.10. The SMILES string of the molecule is ClCc1ccnc(Oc2cc(Cl)c(Cl)cc2Cl)c1. The minimum absolute atomic E-state index is 0.363. The van der Waals surface area contributed by atoms with E-state index in [1.165, 1.54) is 6.07 Å². The first-order valence-corrected chi connectivity index (χ1v) is 6.60. The number of nitrogens with zero attached hydrogens (tertiary/aromatic N) is 1. The van der Waals surface area contributed by atoms with Gasteiger partial charge in [0.25, 0.3) is 0 Å². The maximum Gasteiger partial charge on any atom is 0.219 e. The van der Waals surface area contributed by atoms with Crippen LogP contribution in [0.3, 0.4) is 0 Å². The van der Waals surface area contributed by atoms with Gasteiger partial charge in [-0.1, -0.05) is 34.8 Å². The molecule has 0 N–H and O–H groups in total. The largest absolute Gasteiger partial charge is 0.437 e. The molecule has 18 heavy (non-hydrogen) atoms. The topological polar surface area (TPSA) is 22.1 Å². The van der Waals surface area contributed by atoms with Crippen LogP contribution in [0.25, 0.3) is 0 Å². The van der Waals surface area contributed by atoms with Crippen molar-refractivity contribution in [3.05, 3.63) is 51.1 Å². The zero-order valence-corrected chi connectivity index (χ0v) is 12.0. The zero-order valence-electron chi connectivity index (χ0n) is 8.96. The number of hydrogen-bond acceptors (Lipinski definition) is 2. The van der Waals surface area contributed by atoms with Gasteiger partial charge in [-0.15, -0.1) is 11.6 Å². The second-order valence-electron chi connectivity index (χ2n) is 3.43. The summed E-state index contributed by atoms with van der Waals surface area (Å²) in [6, 6.07) is 6.59.